The smallest absolute Gasteiger partial charge is 0.277 e. The Labute approximate surface area is 568 Å². The fourth-order valence-corrected chi connectivity index (χ4v) is 13.4. The molecule has 94 heavy (non-hydrogen) atoms. The van der Waals surface area contributed by atoms with Gasteiger partial charge in [0.1, 0.15) is 29.5 Å². The summed E-state index contributed by atoms with van der Waals surface area (Å²) in [5.41, 5.74) is 15.2. The summed E-state index contributed by atoms with van der Waals surface area (Å²) in [5.74, 6) is -6.84. The number of aromatic nitrogens is 2. The van der Waals surface area contributed by atoms with E-state index in [9.17, 15) is 56.9 Å². The highest BCUT2D eigenvalue weighted by atomic mass is 127. The highest BCUT2D eigenvalue weighted by Gasteiger charge is 2.46. The van der Waals surface area contributed by atoms with E-state index in [0.717, 1.165) is 55.5 Å². The maximum atomic E-state index is 14.7. The number of nitrogens with two attached hydrogens (primary N) is 1. The number of benzene rings is 4. The highest BCUT2D eigenvalue weighted by Crippen LogP contribution is 2.37. The Kier molecular flexibility index (Phi) is 27.0. The van der Waals surface area contributed by atoms with Gasteiger partial charge >= 0.3 is 0 Å². The van der Waals surface area contributed by atoms with Crippen LogP contribution in [0.5, 0.6) is 0 Å². The van der Waals surface area contributed by atoms with Crippen molar-refractivity contribution in [1.82, 2.24) is 35.9 Å². The first-order chi connectivity index (χ1) is 44.5. The zero-order chi connectivity index (χ0) is 68.6. The molecule has 0 aliphatic carbocycles. The monoisotopic (exact) mass is 1450 g/mol. The third-order valence-corrected chi connectivity index (χ3v) is 19.3. The first-order valence-corrected chi connectivity index (χ1v) is 34.2. The molecule has 6 aromatic rings. The van der Waals surface area contributed by atoms with E-state index in [4.69, 9.17) is 10.6 Å². The van der Waals surface area contributed by atoms with E-state index in [1.54, 1.807) is 34.3 Å². The minimum Gasteiger partial charge on any atom is -0.391 e. The van der Waals surface area contributed by atoms with Gasteiger partial charge in [0.05, 0.1) is 67.9 Å². The van der Waals surface area contributed by atoms with E-state index in [1.165, 1.54) is 21.9 Å². The Morgan fingerprint density at radius 2 is 1.14 bits per heavy atom. The molecule has 6 atom stereocenters. The number of anilines is 2. The first kappa shape index (κ1) is 74.4. The summed E-state index contributed by atoms with van der Waals surface area (Å²) in [6, 6.07) is 20.1. The molecule has 0 saturated carbocycles. The molecular weight excluding hydrogens is 1360 g/mol. The van der Waals surface area contributed by atoms with Gasteiger partial charge in [0, 0.05) is 80.1 Å². The summed E-state index contributed by atoms with van der Waals surface area (Å²) in [6.45, 7) is 16.3. The number of nitrogens with one attached hydrogen (secondary N) is 4. The summed E-state index contributed by atoms with van der Waals surface area (Å²) >= 11 is 5.06. The van der Waals surface area contributed by atoms with Crippen LogP contribution in [0.1, 0.15) is 139 Å². The van der Waals surface area contributed by atoms with Crippen molar-refractivity contribution in [3.8, 4) is 20.9 Å². The van der Waals surface area contributed by atoms with Crippen LogP contribution >= 0.6 is 45.3 Å². The molecule has 0 radical (unpaired) electrons. The van der Waals surface area contributed by atoms with E-state index in [-0.39, 0.29) is 118 Å². The first-order valence-electron chi connectivity index (χ1n) is 31.4. The van der Waals surface area contributed by atoms with Crippen LogP contribution in [0.15, 0.2) is 89.9 Å². The van der Waals surface area contributed by atoms with Crippen LogP contribution in [-0.4, -0.2) is 122 Å². The number of carbonyl (C=O) groups excluding carboxylic acids is 7. The Hall–Kier alpha value is -7.01. The minimum atomic E-state index is -1.35. The maximum Gasteiger partial charge on any atom is 0.277 e. The number of aliphatic hydroxyl groups excluding tert-OH is 2. The van der Waals surface area contributed by atoms with E-state index in [0.29, 0.717) is 35.8 Å². The van der Waals surface area contributed by atoms with Gasteiger partial charge in [-0.15, -0.1) is 22.7 Å². The third kappa shape index (κ3) is 20.5. The molecule has 0 bridgehead atoms. The molecule has 8 N–H and O–H groups in total. The van der Waals surface area contributed by atoms with Crippen molar-refractivity contribution in [2.45, 2.75) is 157 Å². The molecular formula is C69H85F3IN9O10S2. The summed E-state index contributed by atoms with van der Waals surface area (Å²) in [7, 11) is 0. The van der Waals surface area contributed by atoms with Gasteiger partial charge in [0.25, 0.3) is 5.91 Å². The number of hydroxylamine groups is 1. The molecule has 0 spiro atoms. The molecule has 0 unspecified atom stereocenters. The number of Topliss-reactive ketones (excluding diaryl/α,β-unsaturated/α-hetero) is 2. The van der Waals surface area contributed by atoms with Gasteiger partial charge < -0.3 is 41.7 Å². The second-order valence-electron chi connectivity index (χ2n) is 26.0. The lowest BCUT2D eigenvalue weighted by Crippen LogP contribution is -2.50. The predicted molar refractivity (Wildman–Crippen MR) is 365 cm³/mol. The van der Waals surface area contributed by atoms with Crippen LogP contribution in [0.3, 0.4) is 0 Å². The van der Waals surface area contributed by atoms with Crippen molar-refractivity contribution < 1.29 is 61.8 Å². The molecule has 2 fully saturated rings. The van der Waals surface area contributed by atoms with Crippen LogP contribution in [0.2, 0.25) is 0 Å². The van der Waals surface area contributed by atoms with Crippen LogP contribution in [0.4, 0.5) is 24.5 Å². The van der Waals surface area contributed by atoms with E-state index < -0.39 is 76.0 Å². The van der Waals surface area contributed by atoms with Gasteiger partial charge in [-0.2, -0.15) is 0 Å². The molecule has 2 aliphatic rings. The number of likely N-dealkylation sites (tertiary alicyclic amines) is 2. The fraction of sp³-hybridized carbons (Fsp3) is 0.464. The van der Waals surface area contributed by atoms with Gasteiger partial charge in [-0.3, -0.25) is 38.4 Å². The number of amides is 5. The lowest BCUT2D eigenvalue weighted by molar-refractivity contribution is -0.146. The minimum absolute atomic E-state index is 0.00103. The number of carbonyl (C=O) groups is 7. The molecule has 506 valence electrons. The normalized spacial score (nSPS) is 17.0. The highest BCUT2D eigenvalue weighted by molar-refractivity contribution is 14.1. The Bertz CT molecular complexity index is 3620. The molecule has 19 nitrogen and oxygen atoms in total. The Morgan fingerprint density at radius 3 is 1.59 bits per heavy atom. The van der Waals surface area contributed by atoms with Gasteiger partial charge in [0.15, 0.2) is 11.6 Å². The average molecular weight is 1450 g/mol. The second-order valence-corrected chi connectivity index (χ2v) is 28.9. The largest absolute Gasteiger partial charge is 0.391 e. The number of aliphatic hydroxyl groups is 2. The van der Waals surface area contributed by atoms with Crippen molar-refractivity contribution in [2.75, 3.05) is 31.6 Å². The molecule has 2 saturated heterocycles. The molecule has 5 amide bonds. The summed E-state index contributed by atoms with van der Waals surface area (Å²) < 4.78 is 43.7. The summed E-state index contributed by atoms with van der Waals surface area (Å²) in [4.78, 5) is 111. The van der Waals surface area contributed by atoms with Crippen molar-refractivity contribution in [1.29, 1.82) is 0 Å². The summed E-state index contributed by atoms with van der Waals surface area (Å²) in [5, 5.41) is 29.1. The number of hydrogen-bond acceptors (Lipinski definition) is 16. The lowest BCUT2D eigenvalue weighted by Gasteiger charge is -2.34. The summed E-state index contributed by atoms with van der Waals surface area (Å²) in [6.07, 6.45) is 1.60. The van der Waals surface area contributed by atoms with Crippen molar-refractivity contribution in [2.24, 2.45) is 28.4 Å². The van der Waals surface area contributed by atoms with Crippen LogP contribution in [-0.2, 0) is 46.7 Å². The van der Waals surface area contributed by atoms with Crippen molar-refractivity contribution in [3.05, 3.63) is 139 Å². The number of nitrogens with zero attached hydrogens (tertiary/aromatic N) is 4. The Morgan fingerprint density at radius 1 is 0.660 bits per heavy atom. The zero-order valence-corrected chi connectivity index (χ0v) is 58.1. The molecule has 2 aromatic heterocycles. The van der Waals surface area contributed by atoms with Crippen molar-refractivity contribution >= 4 is 97.7 Å². The Balaban J connectivity index is 0.000000303. The number of aryl methyl sites for hydroxylation is 2. The quantitative estimate of drug-likeness (QED) is 0.0144. The number of halogens is 4. The third-order valence-electron chi connectivity index (χ3n) is 16.7. The SMILES string of the molecule is Cc1ncsc1-c1ccc(CNC(=O)[C@@H]2C[C@@H](O)CN2C(=O)[C@@H](CC(=O)CCCCCCONC(=O)c2ccc(F)c(F)c2Nc2ccc(I)cc2F)C(C)(C)C)cc1.Cc1ncsc1-c1ccc(CNC(=O)[C@@H]2C[C@@H](O)CN2C(=O)[C@@H](CC(=O)CCN)C(C)(C)C)cc1. The lowest BCUT2D eigenvalue weighted by atomic mass is 9.76. The number of hydrogen-bond donors (Lipinski definition) is 7. The number of ketones is 2. The van der Waals surface area contributed by atoms with E-state index in [2.05, 4.69) is 31.4 Å². The van der Waals surface area contributed by atoms with Gasteiger partial charge in [0.2, 0.25) is 23.6 Å². The number of rotatable bonds is 27. The predicted octanol–water partition coefficient (Wildman–Crippen LogP) is 11.1. The number of thiazole rings is 2. The van der Waals surface area contributed by atoms with Gasteiger partial charge in [-0.05, 0) is 119 Å². The van der Waals surface area contributed by atoms with Gasteiger partial charge in [-0.25, -0.2) is 28.6 Å². The standard InChI is InChI=1S/C43H49F3IN5O6S.C26H36N4O4S/c1-25-39(59-24-49-25)27-12-10-26(11-13-27)22-48-41(56)36-21-30(54)23-52(36)42(57)32(43(2,3)4)20-29(53)9-7-5-6-8-18-58-51-40(55)31-15-16-33(44)37(46)38(31)50-35-17-14-28(47)19-34(35)45;1-16-23(35-15-29-16)18-7-5-17(6-8-18)13-28-24(33)22-12-20(32)14-30(22)25(34)21(26(2,3)4)11-19(31)9-10-27/h10-17,19,24,30,32,36,50,54H,5-9,18,20-23H2,1-4H3,(H,48,56)(H,51,55);5-8,15,20-22,32H,9-14,27H2,1-4H3,(H,28,33)/t30-,32-,36+;20-,21-,22+/m11/s1. The number of β-amino-alcohol motifs (C(OH)–C–C–N with tert-alkyl or cyclic N) is 2. The van der Waals surface area contributed by atoms with E-state index in [1.807, 2.05) is 132 Å². The second kappa shape index (κ2) is 34.1. The van der Waals surface area contributed by atoms with Crippen molar-refractivity contribution in [3.63, 3.8) is 0 Å². The molecule has 2 aliphatic heterocycles. The van der Waals surface area contributed by atoms with Crippen LogP contribution in [0.25, 0.3) is 20.9 Å². The van der Waals surface area contributed by atoms with Crippen LogP contribution in [0, 0.1) is 57.5 Å². The van der Waals surface area contributed by atoms with E-state index >= 15 is 0 Å². The van der Waals surface area contributed by atoms with Crippen LogP contribution < -0.4 is 27.2 Å². The molecule has 25 heteroatoms. The topological polar surface area (TPSA) is 276 Å². The molecule has 4 heterocycles. The average Bonchev–Trinajstić information content (AvgIpc) is 1.52. The maximum absolute atomic E-state index is 14.7. The fourth-order valence-electron chi connectivity index (χ4n) is 11.3. The molecule has 4 aromatic carbocycles. The zero-order valence-electron chi connectivity index (χ0n) is 54.3. The van der Waals surface area contributed by atoms with Gasteiger partial charge in [-0.1, -0.05) is 103 Å². The number of unbranched alkanes of at least 4 members (excludes halogenated alkanes) is 3. The molecule has 8 rings (SSSR count).